The van der Waals surface area contributed by atoms with Crippen molar-refractivity contribution in [2.75, 3.05) is 12.3 Å². The van der Waals surface area contributed by atoms with Crippen LogP contribution >= 0.6 is 0 Å². The number of rotatable bonds is 4. The molecule has 7 heteroatoms. The maximum atomic E-state index is 11.9. The molecule has 0 saturated heterocycles. The average Bonchev–Trinajstić information content (AvgIpc) is 2.73. The summed E-state index contributed by atoms with van der Waals surface area (Å²) in [5.41, 5.74) is 5.93. The van der Waals surface area contributed by atoms with Crippen LogP contribution in [0.4, 0.5) is 5.82 Å². The minimum atomic E-state index is -3.52. The SMILES string of the molecule is CCNS(=O)(=O)c1cnn(C2CCCCC2)c1N. The zero-order valence-corrected chi connectivity index (χ0v) is 11.4. The van der Waals surface area contributed by atoms with Crippen LogP contribution in [-0.4, -0.2) is 24.7 Å². The van der Waals surface area contributed by atoms with E-state index in [4.69, 9.17) is 5.73 Å². The highest BCUT2D eigenvalue weighted by molar-refractivity contribution is 7.89. The lowest BCUT2D eigenvalue weighted by molar-refractivity contribution is 0.333. The van der Waals surface area contributed by atoms with Gasteiger partial charge >= 0.3 is 0 Å². The molecule has 0 bridgehead atoms. The van der Waals surface area contributed by atoms with Gasteiger partial charge in [0.05, 0.1) is 12.2 Å². The molecule has 18 heavy (non-hydrogen) atoms. The summed E-state index contributed by atoms with van der Waals surface area (Å²) in [6.45, 7) is 2.08. The number of nitrogen functional groups attached to an aromatic ring is 1. The lowest BCUT2D eigenvalue weighted by atomic mass is 9.96. The first-order valence-corrected chi connectivity index (χ1v) is 7.87. The van der Waals surface area contributed by atoms with Gasteiger partial charge < -0.3 is 5.73 Å². The smallest absolute Gasteiger partial charge is 0.245 e. The van der Waals surface area contributed by atoms with Crippen LogP contribution in [0.2, 0.25) is 0 Å². The predicted octanol–water partition coefficient (Wildman–Crippen LogP) is 1.27. The third kappa shape index (κ3) is 2.51. The van der Waals surface area contributed by atoms with Crippen LogP contribution in [0.5, 0.6) is 0 Å². The molecule has 1 aliphatic rings. The van der Waals surface area contributed by atoms with Crippen molar-refractivity contribution in [1.82, 2.24) is 14.5 Å². The van der Waals surface area contributed by atoms with Crippen molar-refractivity contribution < 1.29 is 8.42 Å². The van der Waals surface area contributed by atoms with Crippen LogP contribution < -0.4 is 10.5 Å². The highest BCUT2D eigenvalue weighted by Gasteiger charge is 2.25. The molecule has 6 nitrogen and oxygen atoms in total. The maximum absolute atomic E-state index is 11.9. The second kappa shape index (κ2) is 5.27. The highest BCUT2D eigenvalue weighted by atomic mass is 32.2. The van der Waals surface area contributed by atoms with Gasteiger partial charge in [-0.15, -0.1) is 0 Å². The van der Waals surface area contributed by atoms with Gasteiger partial charge in [-0.2, -0.15) is 5.10 Å². The van der Waals surface area contributed by atoms with E-state index in [1.54, 1.807) is 11.6 Å². The standard InChI is InChI=1S/C11H20N4O2S/c1-2-14-18(16,17)10-8-13-15(11(10)12)9-6-4-3-5-7-9/h8-9,14H,2-7,12H2,1H3. The second-order valence-electron chi connectivity index (χ2n) is 4.63. The minimum absolute atomic E-state index is 0.0925. The molecule has 1 saturated carbocycles. The fourth-order valence-corrected chi connectivity index (χ4v) is 3.54. The van der Waals surface area contributed by atoms with Crippen molar-refractivity contribution in [2.45, 2.75) is 50.0 Å². The van der Waals surface area contributed by atoms with E-state index in [-0.39, 0.29) is 16.8 Å². The van der Waals surface area contributed by atoms with Crippen LogP contribution in [-0.2, 0) is 10.0 Å². The molecule has 0 spiro atoms. The molecule has 102 valence electrons. The van der Waals surface area contributed by atoms with E-state index in [1.807, 2.05) is 0 Å². The molecular formula is C11H20N4O2S. The molecule has 0 aromatic carbocycles. The normalized spacial score (nSPS) is 18.1. The van der Waals surface area contributed by atoms with Gasteiger partial charge in [-0.3, -0.25) is 0 Å². The lowest BCUT2D eigenvalue weighted by Crippen LogP contribution is -2.24. The first kappa shape index (κ1) is 13.4. The van der Waals surface area contributed by atoms with Gasteiger partial charge in [0.15, 0.2) is 0 Å². The van der Waals surface area contributed by atoms with Crippen molar-refractivity contribution in [2.24, 2.45) is 0 Å². The third-order valence-corrected chi connectivity index (χ3v) is 4.91. The van der Waals surface area contributed by atoms with Gasteiger partial charge in [0, 0.05) is 6.54 Å². The number of hydrogen-bond acceptors (Lipinski definition) is 4. The van der Waals surface area contributed by atoms with Gasteiger partial charge in [-0.05, 0) is 12.8 Å². The van der Waals surface area contributed by atoms with E-state index in [0.29, 0.717) is 6.54 Å². The quantitative estimate of drug-likeness (QED) is 0.863. The zero-order chi connectivity index (χ0) is 13.2. The first-order chi connectivity index (χ1) is 8.56. The summed E-state index contributed by atoms with van der Waals surface area (Å²) in [4.78, 5) is 0.0925. The molecule has 3 N–H and O–H groups in total. The molecule has 1 aromatic heterocycles. The van der Waals surface area contributed by atoms with Crippen molar-refractivity contribution in [3.8, 4) is 0 Å². The largest absolute Gasteiger partial charge is 0.383 e. The zero-order valence-electron chi connectivity index (χ0n) is 10.6. The number of aromatic nitrogens is 2. The minimum Gasteiger partial charge on any atom is -0.383 e. The lowest BCUT2D eigenvalue weighted by Gasteiger charge is -2.22. The van der Waals surface area contributed by atoms with Crippen molar-refractivity contribution in [3.05, 3.63) is 6.20 Å². The Labute approximate surface area is 108 Å². The molecular weight excluding hydrogens is 252 g/mol. The van der Waals surface area contributed by atoms with Crippen LogP contribution in [0.1, 0.15) is 45.1 Å². The summed E-state index contributed by atoms with van der Waals surface area (Å²) in [7, 11) is -3.52. The van der Waals surface area contributed by atoms with E-state index in [9.17, 15) is 8.42 Å². The monoisotopic (exact) mass is 272 g/mol. The number of nitrogens with one attached hydrogen (secondary N) is 1. The predicted molar refractivity (Wildman–Crippen MR) is 69.6 cm³/mol. The fourth-order valence-electron chi connectivity index (χ4n) is 2.45. The van der Waals surface area contributed by atoms with Crippen LogP contribution in [0.3, 0.4) is 0 Å². The molecule has 2 rings (SSSR count). The number of sulfonamides is 1. The molecule has 0 unspecified atom stereocenters. The Kier molecular flexibility index (Phi) is 3.91. The number of nitrogens with zero attached hydrogens (tertiary/aromatic N) is 2. The molecule has 1 aliphatic carbocycles. The molecule has 0 amide bonds. The van der Waals surface area contributed by atoms with Crippen LogP contribution in [0.15, 0.2) is 11.1 Å². The molecule has 1 fully saturated rings. The van der Waals surface area contributed by atoms with Gasteiger partial charge in [-0.1, -0.05) is 26.2 Å². The van der Waals surface area contributed by atoms with Gasteiger partial charge in [-0.25, -0.2) is 17.8 Å². The van der Waals surface area contributed by atoms with E-state index in [0.717, 1.165) is 25.7 Å². The summed E-state index contributed by atoms with van der Waals surface area (Å²) in [6.07, 6.45) is 6.93. The number of anilines is 1. The van der Waals surface area contributed by atoms with E-state index in [1.165, 1.54) is 12.6 Å². The molecule has 0 atom stereocenters. The molecule has 0 aliphatic heterocycles. The number of nitrogens with two attached hydrogens (primary N) is 1. The van der Waals surface area contributed by atoms with Gasteiger partial charge in [0.1, 0.15) is 10.7 Å². The van der Waals surface area contributed by atoms with Gasteiger partial charge in [0.25, 0.3) is 0 Å². The summed E-state index contributed by atoms with van der Waals surface area (Å²) >= 11 is 0. The van der Waals surface area contributed by atoms with E-state index >= 15 is 0 Å². The van der Waals surface area contributed by atoms with Crippen molar-refractivity contribution in [3.63, 3.8) is 0 Å². The summed E-state index contributed by atoms with van der Waals surface area (Å²) in [5, 5.41) is 4.16. The van der Waals surface area contributed by atoms with Gasteiger partial charge in [0.2, 0.25) is 10.0 Å². The average molecular weight is 272 g/mol. The Morgan fingerprint density at radius 2 is 2.11 bits per heavy atom. The van der Waals surface area contributed by atoms with E-state index in [2.05, 4.69) is 9.82 Å². The van der Waals surface area contributed by atoms with Crippen LogP contribution in [0.25, 0.3) is 0 Å². The Morgan fingerprint density at radius 1 is 1.44 bits per heavy atom. The Balaban J connectivity index is 2.28. The topological polar surface area (TPSA) is 90.0 Å². The maximum Gasteiger partial charge on any atom is 0.245 e. The summed E-state index contributed by atoms with van der Waals surface area (Å²) < 4.78 is 27.9. The first-order valence-electron chi connectivity index (χ1n) is 6.39. The third-order valence-electron chi connectivity index (χ3n) is 3.34. The Hall–Kier alpha value is -1.08. The second-order valence-corrected chi connectivity index (χ2v) is 6.37. The van der Waals surface area contributed by atoms with Crippen molar-refractivity contribution >= 4 is 15.8 Å². The van der Waals surface area contributed by atoms with Crippen LogP contribution in [0, 0.1) is 0 Å². The Morgan fingerprint density at radius 3 is 2.72 bits per heavy atom. The molecule has 1 heterocycles. The van der Waals surface area contributed by atoms with Crippen molar-refractivity contribution in [1.29, 1.82) is 0 Å². The highest BCUT2D eigenvalue weighted by Crippen LogP contribution is 2.31. The molecule has 1 aromatic rings. The molecule has 0 radical (unpaired) electrons. The Bertz CT molecular complexity index is 503. The van der Waals surface area contributed by atoms with E-state index < -0.39 is 10.0 Å². The number of hydrogen-bond donors (Lipinski definition) is 2. The summed E-state index contributed by atoms with van der Waals surface area (Å²) in [5.74, 6) is 0.253. The fraction of sp³-hybridized carbons (Fsp3) is 0.727. The summed E-state index contributed by atoms with van der Waals surface area (Å²) in [6, 6.07) is 0.240.